The van der Waals surface area contributed by atoms with E-state index in [2.05, 4.69) is 0 Å². The van der Waals surface area contributed by atoms with Crippen molar-refractivity contribution in [1.82, 2.24) is 8.61 Å². The topological polar surface area (TPSA) is 74.8 Å². The van der Waals surface area contributed by atoms with E-state index in [0.717, 1.165) is 8.61 Å². The Morgan fingerprint density at radius 1 is 0.472 bits per heavy atom. The number of hydrogen-bond acceptors (Lipinski definition) is 6. The molecule has 0 bridgehead atoms. The van der Waals surface area contributed by atoms with E-state index in [4.69, 9.17) is 0 Å². The average Bonchev–Trinajstić information content (AvgIpc) is 3.61. The minimum absolute atomic E-state index is 0. The molecule has 4 aliphatic carbocycles. The van der Waals surface area contributed by atoms with E-state index < -0.39 is 20.0 Å². The van der Waals surface area contributed by atoms with Crippen LogP contribution in [0.2, 0.25) is 0 Å². The van der Waals surface area contributed by atoms with E-state index in [0.29, 0.717) is 10.5 Å². The molecule has 6 nitrogen and oxygen atoms in total. The van der Waals surface area contributed by atoms with Crippen LogP contribution in [0.1, 0.15) is 0 Å². The second-order valence-corrected chi connectivity index (χ2v) is 13.6. The van der Waals surface area contributed by atoms with Crippen molar-refractivity contribution < 1.29 is 51.0 Å². The first-order chi connectivity index (χ1) is 16.1. The van der Waals surface area contributed by atoms with Crippen LogP contribution >= 0.6 is 21.6 Å². The van der Waals surface area contributed by atoms with Crippen LogP contribution in [-0.4, -0.2) is 53.6 Å². The summed E-state index contributed by atoms with van der Waals surface area (Å²) >= 11 is 0. The fourth-order valence-corrected chi connectivity index (χ4v) is 7.75. The van der Waals surface area contributed by atoms with Gasteiger partial charge in [-0.05, 0) is 103 Å². The molecule has 4 aliphatic rings. The van der Waals surface area contributed by atoms with Gasteiger partial charge in [-0.1, -0.05) is 21.6 Å². The number of sulfonamides is 2. The Morgan fingerprint density at radius 2 is 0.722 bits per heavy atom. The van der Waals surface area contributed by atoms with Crippen molar-refractivity contribution in [3.8, 4) is 0 Å². The largest absolute Gasteiger partial charge is 2.00 e. The van der Waals surface area contributed by atoms with Crippen molar-refractivity contribution in [2.24, 2.45) is 0 Å². The fourth-order valence-electron chi connectivity index (χ4n) is 2.46. The summed E-state index contributed by atoms with van der Waals surface area (Å²) in [6.45, 7) is 0. The van der Waals surface area contributed by atoms with Gasteiger partial charge in [-0.15, -0.1) is 0 Å². The SMILES string of the molecule is CN(C)S(=O)(=O)[C]1[CH][CH][CH][C]1SS[C]1[CH][CH][CH][C]1S(=O)(=O)N(C)C.[CH]1[CH][CH][CH][CH]1.[CH]1[CH][CH][CH][CH]1.[Fe+2].[Fe+2]. The Bertz CT molecular complexity index is 709. The van der Waals surface area contributed by atoms with Crippen LogP contribution in [0.4, 0.5) is 0 Å². The standard InChI is InChI=1S/C14H18N2O4S4.2C5H5.2Fe/c1-15(2)23(17,18)13-9-5-7-11(13)21-22-12-8-6-10-14(12)24(19,20)16(3)4;2*1-2-4-5-3-1;;/h5-10H,1-4H3;2*1-5H;;/q;;;2*+2. The monoisotopic (exact) mass is 648 g/mol. The van der Waals surface area contributed by atoms with Gasteiger partial charge in [0.1, 0.15) is 10.5 Å². The summed E-state index contributed by atoms with van der Waals surface area (Å²) in [6, 6.07) is 0. The van der Waals surface area contributed by atoms with E-state index in [9.17, 15) is 16.8 Å². The Balaban J connectivity index is 0.000000842. The molecular formula is C24H28Fe2N2O4S4+4. The van der Waals surface area contributed by atoms with E-state index >= 15 is 0 Å². The first-order valence-electron chi connectivity index (χ1n) is 10.1. The quantitative estimate of drug-likeness (QED) is 0.311. The minimum Gasteiger partial charge on any atom is -0.212 e. The first kappa shape index (κ1) is 37.6. The molecule has 20 radical (unpaired) electrons. The van der Waals surface area contributed by atoms with E-state index in [1.807, 2.05) is 64.2 Å². The molecule has 0 N–H and O–H groups in total. The van der Waals surface area contributed by atoms with Crippen molar-refractivity contribution in [2.45, 2.75) is 0 Å². The summed E-state index contributed by atoms with van der Waals surface area (Å²) in [5.41, 5.74) is 0. The van der Waals surface area contributed by atoms with Crippen molar-refractivity contribution in [3.05, 3.63) is 124 Å². The van der Waals surface area contributed by atoms with Gasteiger partial charge >= 0.3 is 34.1 Å². The van der Waals surface area contributed by atoms with Gasteiger partial charge in [-0.2, -0.15) is 0 Å². The Morgan fingerprint density at radius 3 is 0.944 bits per heavy atom. The van der Waals surface area contributed by atoms with Crippen LogP contribution in [0.15, 0.2) is 0 Å². The maximum atomic E-state index is 12.3. The van der Waals surface area contributed by atoms with Gasteiger partial charge in [0, 0.05) is 28.2 Å². The number of rotatable bonds is 7. The molecule has 0 aromatic heterocycles. The molecule has 0 aromatic rings. The molecule has 0 amide bonds. The third-order valence-corrected chi connectivity index (χ3v) is 10.8. The van der Waals surface area contributed by atoms with E-state index in [-0.39, 0.29) is 44.6 Å². The van der Waals surface area contributed by atoms with E-state index in [1.54, 1.807) is 38.5 Å². The Labute approximate surface area is 251 Å². The summed E-state index contributed by atoms with van der Waals surface area (Å²) in [4.78, 5) is 0. The second kappa shape index (κ2) is 18.8. The molecule has 0 saturated heterocycles. The van der Waals surface area contributed by atoms with Gasteiger partial charge in [0.2, 0.25) is 20.0 Å². The Hall–Kier alpha value is 1.56. The summed E-state index contributed by atoms with van der Waals surface area (Å²) in [7, 11) is 1.28. The van der Waals surface area contributed by atoms with Gasteiger partial charge in [0.25, 0.3) is 0 Å². The molecule has 4 rings (SSSR count). The molecule has 4 fully saturated rings. The van der Waals surface area contributed by atoms with Gasteiger partial charge in [0.15, 0.2) is 0 Å². The molecule has 0 heterocycles. The minimum atomic E-state index is -3.53. The normalized spacial score (nSPS) is 22.1. The molecule has 4 saturated carbocycles. The zero-order chi connectivity index (χ0) is 25.2. The third-order valence-electron chi connectivity index (χ3n) is 4.33. The third kappa shape index (κ3) is 11.6. The van der Waals surface area contributed by atoms with Gasteiger partial charge in [0.05, 0.1) is 10.5 Å². The summed E-state index contributed by atoms with van der Waals surface area (Å²) in [6.07, 6.45) is 29.8. The maximum Gasteiger partial charge on any atom is 2.00 e. The molecule has 194 valence electrons. The smallest absolute Gasteiger partial charge is 0.212 e. The maximum absolute atomic E-state index is 12.3. The van der Waals surface area contributed by atoms with Crippen LogP contribution in [0, 0.1) is 124 Å². The van der Waals surface area contributed by atoms with Gasteiger partial charge in [-0.3, -0.25) is 0 Å². The molecule has 0 aromatic carbocycles. The summed E-state index contributed by atoms with van der Waals surface area (Å²) in [5, 5.41) is 1.58. The molecular weight excluding hydrogens is 620 g/mol. The van der Waals surface area contributed by atoms with Crippen molar-refractivity contribution >= 4 is 41.6 Å². The predicted molar refractivity (Wildman–Crippen MR) is 142 cm³/mol. The van der Waals surface area contributed by atoms with Gasteiger partial charge in [-0.25, -0.2) is 25.4 Å². The molecule has 0 aliphatic heterocycles. The van der Waals surface area contributed by atoms with Crippen LogP contribution in [0.3, 0.4) is 0 Å². The molecule has 36 heavy (non-hydrogen) atoms. The summed E-state index contributed by atoms with van der Waals surface area (Å²) in [5.74, 6) is 0. The van der Waals surface area contributed by atoms with Crippen LogP contribution in [-0.2, 0) is 54.2 Å². The van der Waals surface area contributed by atoms with Crippen molar-refractivity contribution in [3.63, 3.8) is 0 Å². The zero-order valence-electron chi connectivity index (χ0n) is 20.1. The zero-order valence-corrected chi connectivity index (χ0v) is 25.6. The molecule has 0 unspecified atom stereocenters. The first-order valence-corrected chi connectivity index (χ1v) is 15.2. The van der Waals surface area contributed by atoms with Crippen molar-refractivity contribution in [2.75, 3.05) is 28.2 Å². The van der Waals surface area contributed by atoms with Gasteiger partial charge < -0.3 is 0 Å². The van der Waals surface area contributed by atoms with Crippen LogP contribution in [0.5, 0.6) is 0 Å². The number of hydrogen-bond donors (Lipinski definition) is 0. The number of nitrogens with zero attached hydrogens (tertiary/aromatic N) is 2. The average molecular weight is 648 g/mol. The molecule has 0 atom stereocenters. The van der Waals surface area contributed by atoms with Crippen molar-refractivity contribution in [1.29, 1.82) is 0 Å². The van der Waals surface area contributed by atoms with E-state index in [1.165, 1.54) is 49.8 Å². The summed E-state index contributed by atoms with van der Waals surface area (Å²) < 4.78 is 51.5. The predicted octanol–water partition coefficient (Wildman–Crippen LogP) is 3.57. The Kier molecular flexibility index (Phi) is 19.6. The van der Waals surface area contributed by atoms with Crippen LogP contribution in [0.25, 0.3) is 0 Å². The molecule has 0 spiro atoms. The molecule has 12 heteroatoms. The fraction of sp³-hybridized carbons (Fsp3) is 0.167. The van der Waals surface area contributed by atoms with Crippen LogP contribution < -0.4 is 0 Å². The second-order valence-electron chi connectivity index (χ2n) is 7.17.